The maximum absolute atomic E-state index is 12.5. The minimum absolute atomic E-state index is 0.0864. The summed E-state index contributed by atoms with van der Waals surface area (Å²) in [7, 11) is 0. The van der Waals surface area contributed by atoms with Crippen LogP contribution in [0.3, 0.4) is 0 Å². The van der Waals surface area contributed by atoms with Crippen LogP contribution < -0.4 is 10.1 Å². The molecule has 2 aromatic heterocycles. The molecule has 0 aliphatic carbocycles. The van der Waals surface area contributed by atoms with Crippen molar-refractivity contribution in [2.45, 2.75) is 26.2 Å². The van der Waals surface area contributed by atoms with Crippen molar-refractivity contribution in [1.82, 2.24) is 14.8 Å². The largest absolute Gasteiger partial charge is 0.508 e. The minimum atomic E-state index is -0.173. The third kappa shape index (κ3) is 3.09. The Morgan fingerprint density at radius 3 is 2.97 bits per heavy atom. The van der Waals surface area contributed by atoms with Gasteiger partial charge in [0.05, 0.1) is 22.5 Å². The molecule has 8 heteroatoms. The number of nitrogens with zero attached hydrogens (tertiary/aromatic N) is 3. The summed E-state index contributed by atoms with van der Waals surface area (Å²) in [5, 5.41) is 18.3. The third-order valence-electron chi connectivity index (χ3n) is 5.22. The Bertz CT molecular complexity index is 1280. The zero-order valence-electron chi connectivity index (χ0n) is 16.5. The Hall–Kier alpha value is -3.39. The number of nitrogens with one attached hydrogen (secondary N) is 1. The van der Waals surface area contributed by atoms with Gasteiger partial charge in [0, 0.05) is 17.9 Å². The molecule has 0 saturated heterocycles. The molecule has 0 unspecified atom stereocenters. The molecule has 1 aliphatic heterocycles. The molecule has 1 atom stereocenters. The first-order valence-electron chi connectivity index (χ1n) is 9.75. The SMILES string of the molecule is CCOc1ccc2nc(-n3nc(C)c4c3NC(=O)C[C@H]4c3cccc(O)c3)sc2c1. The first-order valence-corrected chi connectivity index (χ1v) is 10.6. The molecule has 1 amide bonds. The van der Waals surface area contributed by atoms with Crippen LogP contribution in [0.1, 0.15) is 36.1 Å². The van der Waals surface area contributed by atoms with Gasteiger partial charge in [-0.3, -0.25) is 4.79 Å². The molecule has 0 radical (unpaired) electrons. The van der Waals surface area contributed by atoms with Gasteiger partial charge in [-0.15, -0.1) is 0 Å². The number of phenols is 1. The average Bonchev–Trinajstić information content (AvgIpc) is 3.28. The predicted molar refractivity (Wildman–Crippen MR) is 116 cm³/mol. The van der Waals surface area contributed by atoms with Gasteiger partial charge in [0.2, 0.25) is 11.0 Å². The van der Waals surface area contributed by atoms with E-state index in [-0.39, 0.29) is 17.6 Å². The van der Waals surface area contributed by atoms with Crippen molar-refractivity contribution in [1.29, 1.82) is 0 Å². The topological polar surface area (TPSA) is 89.3 Å². The zero-order valence-corrected chi connectivity index (χ0v) is 17.4. The smallest absolute Gasteiger partial charge is 0.226 e. The molecule has 3 heterocycles. The van der Waals surface area contributed by atoms with Gasteiger partial charge in [0.1, 0.15) is 17.3 Å². The van der Waals surface area contributed by atoms with Gasteiger partial charge in [-0.05, 0) is 49.7 Å². The number of hydrogen-bond acceptors (Lipinski definition) is 6. The summed E-state index contributed by atoms with van der Waals surface area (Å²) in [6, 6.07) is 12.8. The number of fused-ring (bicyclic) bond motifs is 2. The zero-order chi connectivity index (χ0) is 20.8. The van der Waals surface area contributed by atoms with Crippen LogP contribution in [0.5, 0.6) is 11.5 Å². The number of aromatic nitrogens is 3. The number of ether oxygens (including phenoxy) is 1. The van der Waals surface area contributed by atoms with Gasteiger partial charge >= 0.3 is 0 Å². The van der Waals surface area contributed by atoms with E-state index in [0.717, 1.165) is 32.8 Å². The van der Waals surface area contributed by atoms with Crippen molar-refractivity contribution < 1.29 is 14.6 Å². The van der Waals surface area contributed by atoms with E-state index in [9.17, 15) is 9.90 Å². The predicted octanol–water partition coefficient (Wildman–Crippen LogP) is 4.37. The number of aromatic hydroxyl groups is 1. The molecule has 0 saturated carbocycles. The van der Waals surface area contributed by atoms with Gasteiger partial charge in [-0.25, -0.2) is 4.98 Å². The van der Waals surface area contributed by atoms with E-state index in [0.29, 0.717) is 24.0 Å². The van der Waals surface area contributed by atoms with Crippen LogP contribution in [0.25, 0.3) is 15.3 Å². The maximum Gasteiger partial charge on any atom is 0.226 e. The van der Waals surface area contributed by atoms with Crippen LogP contribution in [0.15, 0.2) is 42.5 Å². The minimum Gasteiger partial charge on any atom is -0.508 e. The van der Waals surface area contributed by atoms with Crippen molar-refractivity contribution in [2.24, 2.45) is 0 Å². The molecular formula is C22H20N4O3S. The first kappa shape index (κ1) is 18.6. The summed E-state index contributed by atoms with van der Waals surface area (Å²) in [5.74, 6) is 1.36. The number of rotatable bonds is 4. The van der Waals surface area contributed by atoms with Crippen molar-refractivity contribution in [3.05, 3.63) is 59.3 Å². The van der Waals surface area contributed by atoms with Gasteiger partial charge in [-0.1, -0.05) is 23.5 Å². The molecule has 4 aromatic rings. The molecule has 0 bridgehead atoms. The van der Waals surface area contributed by atoms with E-state index in [4.69, 9.17) is 14.8 Å². The highest BCUT2D eigenvalue weighted by atomic mass is 32.1. The Balaban J connectivity index is 1.63. The van der Waals surface area contributed by atoms with E-state index in [1.807, 2.05) is 38.1 Å². The fraction of sp³-hybridized carbons (Fsp3) is 0.227. The number of anilines is 1. The molecule has 2 N–H and O–H groups in total. The van der Waals surface area contributed by atoms with Gasteiger partial charge in [-0.2, -0.15) is 9.78 Å². The number of hydrogen-bond donors (Lipinski definition) is 2. The molecule has 0 fully saturated rings. The average molecular weight is 420 g/mol. The van der Waals surface area contributed by atoms with Crippen molar-refractivity contribution in [2.75, 3.05) is 11.9 Å². The van der Waals surface area contributed by atoms with E-state index < -0.39 is 0 Å². The van der Waals surface area contributed by atoms with E-state index in [1.165, 1.54) is 11.3 Å². The highest BCUT2D eigenvalue weighted by Gasteiger charge is 2.33. The summed E-state index contributed by atoms with van der Waals surface area (Å²) in [6.45, 7) is 4.49. The van der Waals surface area contributed by atoms with Crippen LogP contribution in [0.2, 0.25) is 0 Å². The molecule has 30 heavy (non-hydrogen) atoms. The summed E-state index contributed by atoms with van der Waals surface area (Å²) < 4.78 is 8.29. The number of benzene rings is 2. The monoisotopic (exact) mass is 420 g/mol. The summed E-state index contributed by atoms with van der Waals surface area (Å²) in [4.78, 5) is 17.2. The van der Waals surface area contributed by atoms with Crippen molar-refractivity contribution in [3.8, 4) is 16.6 Å². The van der Waals surface area contributed by atoms with Gasteiger partial charge in [0.25, 0.3) is 0 Å². The normalized spacial score (nSPS) is 15.8. The number of amides is 1. The number of carbonyl (C=O) groups is 1. The second-order valence-electron chi connectivity index (χ2n) is 7.22. The lowest BCUT2D eigenvalue weighted by Gasteiger charge is -2.24. The summed E-state index contributed by atoms with van der Waals surface area (Å²) in [6.07, 6.45) is 0.306. The Kier molecular flexibility index (Phi) is 4.43. The lowest BCUT2D eigenvalue weighted by atomic mass is 9.86. The van der Waals surface area contributed by atoms with Crippen LogP contribution in [0, 0.1) is 6.92 Å². The van der Waals surface area contributed by atoms with Crippen molar-refractivity contribution >= 4 is 33.3 Å². The highest BCUT2D eigenvalue weighted by Crippen LogP contribution is 2.41. The number of carbonyl (C=O) groups excluding carboxylic acids is 1. The number of thiazole rings is 1. The molecule has 7 nitrogen and oxygen atoms in total. The second-order valence-corrected chi connectivity index (χ2v) is 8.23. The fourth-order valence-corrected chi connectivity index (χ4v) is 4.90. The van der Waals surface area contributed by atoms with Crippen LogP contribution >= 0.6 is 11.3 Å². The van der Waals surface area contributed by atoms with E-state index in [2.05, 4.69) is 5.32 Å². The first-order chi connectivity index (χ1) is 14.5. The van der Waals surface area contributed by atoms with Crippen LogP contribution in [-0.4, -0.2) is 32.4 Å². The number of aryl methyl sites for hydroxylation is 1. The Labute approximate surface area is 176 Å². The number of phenolic OH excluding ortho intramolecular Hbond substituents is 1. The van der Waals surface area contributed by atoms with Crippen LogP contribution in [-0.2, 0) is 4.79 Å². The fourth-order valence-electron chi connectivity index (χ4n) is 3.95. The van der Waals surface area contributed by atoms with Crippen LogP contribution in [0.4, 0.5) is 5.82 Å². The summed E-state index contributed by atoms with van der Waals surface area (Å²) in [5.41, 5.74) is 3.52. The standard InChI is InChI=1S/C22H20N4O3S/c1-3-29-15-7-8-17-18(10-15)30-22(23-17)26-21-20(12(2)25-26)16(11-19(28)24-21)13-5-4-6-14(27)9-13/h4-10,16,27H,3,11H2,1-2H3,(H,24,28)/t16-/m0/s1. The Morgan fingerprint density at radius 2 is 2.17 bits per heavy atom. The molecular weight excluding hydrogens is 400 g/mol. The molecule has 1 aliphatic rings. The van der Waals surface area contributed by atoms with Gasteiger partial charge < -0.3 is 15.2 Å². The highest BCUT2D eigenvalue weighted by molar-refractivity contribution is 7.20. The van der Waals surface area contributed by atoms with E-state index >= 15 is 0 Å². The molecule has 152 valence electrons. The summed E-state index contributed by atoms with van der Waals surface area (Å²) >= 11 is 1.50. The molecule has 2 aromatic carbocycles. The maximum atomic E-state index is 12.5. The molecule has 5 rings (SSSR count). The van der Waals surface area contributed by atoms with Gasteiger partial charge in [0.15, 0.2) is 0 Å². The van der Waals surface area contributed by atoms with Crippen molar-refractivity contribution in [3.63, 3.8) is 0 Å². The lowest BCUT2D eigenvalue weighted by molar-refractivity contribution is -0.116. The quantitative estimate of drug-likeness (QED) is 0.512. The second kappa shape index (κ2) is 7.14. The molecule has 0 spiro atoms. The Morgan fingerprint density at radius 1 is 1.30 bits per heavy atom. The third-order valence-corrected chi connectivity index (χ3v) is 6.21. The van der Waals surface area contributed by atoms with E-state index in [1.54, 1.807) is 22.9 Å². The lowest BCUT2D eigenvalue weighted by Crippen LogP contribution is -2.24.